The predicted octanol–water partition coefficient (Wildman–Crippen LogP) is 2.39. The van der Waals surface area contributed by atoms with Crippen molar-refractivity contribution in [3.8, 4) is 0 Å². The smallest absolute Gasteiger partial charge is 0.0446 e. The lowest BCUT2D eigenvalue weighted by molar-refractivity contribution is 0.180. The molecule has 1 atom stereocenters. The number of aliphatic hydroxyl groups excluding tert-OH is 1. The zero-order valence-corrected chi connectivity index (χ0v) is 12.3. The Balaban J connectivity index is 2.35. The molecular weight excluding hydrogens is 224 g/mol. The maximum atomic E-state index is 9.15. The molecule has 0 saturated heterocycles. The molecular formula is C15H32N2O. The van der Waals surface area contributed by atoms with Crippen molar-refractivity contribution in [1.29, 1.82) is 0 Å². The van der Waals surface area contributed by atoms with Gasteiger partial charge in [0.1, 0.15) is 0 Å². The van der Waals surface area contributed by atoms with E-state index in [1.807, 2.05) is 0 Å². The summed E-state index contributed by atoms with van der Waals surface area (Å²) >= 11 is 0. The summed E-state index contributed by atoms with van der Waals surface area (Å²) in [6, 6.07) is 1.21. The first-order valence-corrected chi connectivity index (χ1v) is 7.82. The van der Waals surface area contributed by atoms with Gasteiger partial charge in [-0.3, -0.25) is 0 Å². The van der Waals surface area contributed by atoms with E-state index in [0.29, 0.717) is 12.6 Å². The molecule has 1 fully saturated rings. The van der Waals surface area contributed by atoms with Gasteiger partial charge in [0.25, 0.3) is 0 Å². The Kier molecular flexibility index (Phi) is 8.64. The summed E-state index contributed by atoms with van der Waals surface area (Å²) in [5.41, 5.74) is 0. The van der Waals surface area contributed by atoms with Crippen LogP contribution in [0.15, 0.2) is 0 Å². The SMILES string of the molecule is CCCNC(CCO)CN(C)C1CCCCCC1. The Hall–Kier alpha value is -0.120. The van der Waals surface area contributed by atoms with E-state index in [2.05, 4.69) is 24.2 Å². The van der Waals surface area contributed by atoms with E-state index in [4.69, 9.17) is 5.11 Å². The molecule has 3 heteroatoms. The monoisotopic (exact) mass is 256 g/mol. The first-order chi connectivity index (χ1) is 8.77. The molecule has 0 aromatic carbocycles. The molecule has 1 aliphatic rings. The Morgan fingerprint density at radius 1 is 1.22 bits per heavy atom. The highest BCUT2D eigenvalue weighted by molar-refractivity contribution is 4.77. The van der Waals surface area contributed by atoms with Crippen molar-refractivity contribution >= 4 is 0 Å². The summed E-state index contributed by atoms with van der Waals surface area (Å²) in [5, 5.41) is 12.7. The Morgan fingerprint density at radius 2 is 1.89 bits per heavy atom. The quantitative estimate of drug-likeness (QED) is 0.655. The second kappa shape index (κ2) is 9.76. The van der Waals surface area contributed by atoms with Crippen molar-refractivity contribution in [2.75, 3.05) is 26.7 Å². The van der Waals surface area contributed by atoms with Gasteiger partial charge in [0.05, 0.1) is 0 Å². The molecule has 1 aliphatic carbocycles. The van der Waals surface area contributed by atoms with Crippen LogP contribution < -0.4 is 5.32 Å². The number of aliphatic hydroxyl groups is 1. The normalized spacial score (nSPS) is 20.0. The van der Waals surface area contributed by atoms with Crippen LogP contribution in [-0.2, 0) is 0 Å². The number of hydrogen-bond donors (Lipinski definition) is 2. The van der Waals surface area contributed by atoms with E-state index >= 15 is 0 Å². The van der Waals surface area contributed by atoms with E-state index in [0.717, 1.165) is 32.0 Å². The number of nitrogens with one attached hydrogen (secondary N) is 1. The van der Waals surface area contributed by atoms with Crippen LogP contribution in [-0.4, -0.2) is 48.8 Å². The van der Waals surface area contributed by atoms with E-state index in [9.17, 15) is 0 Å². The molecule has 3 nitrogen and oxygen atoms in total. The Morgan fingerprint density at radius 3 is 2.44 bits per heavy atom. The van der Waals surface area contributed by atoms with Crippen LogP contribution in [0.25, 0.3) is 0 Å². The highest BCUT2D eigenvalue weighted by Crippen LogP contribution is 2.21. The van der Waals surface area contributed by atoms with Crippen LogP contribution in [0.5, 0.6) is 0 Å². The van der Waals surface area contributed by atoms with Crippen molar-refractivity contribution in [1.82, 2.24) is 10.2 Å². The molecule has 0 aliphatic heterocycles. The van der Waals surface area contributed by atoms with Gasteiger partial charge in [0, 0.05) is 25.2 Å². The molecule has 0 aromatic rings. The maximum absolute atomic E-state index is 9.15. The summed E-state index contributed by atoms with van der Waals surface area (Å²) in [7, 11) is 2.26. The fourth-order valence-electron chi connectivity index (χ4n) is 2.96. The van der Waals surface area contributed by atoms with E-state index in [1.165, 1.54) is 38.5 Å². The van der Waals surface area contributed by atoms with Gasteiger partial charge in [0.2, 0.25) is 0 Å². The fourth-order valence-corrected chi connectivity index (χ4v) is 2.96. The van der Waals surface area contributed by atoms with Crippen LogP contribution in [0, 0.1) is 0 Å². The highest BCUT2D eigenvalue weighted by atomic mass is 16.3. The Labute approximate surface area is 113 Å². The van der Waals surface area contributed by atoms with Crippen LogP contribution >= 0.6 is 0 Å². The molecule has 0 radical (unpaired) electrons. The summed E-state index contributed by atoms with van der Waals surface area (Å²) < 4.78 is 0. The van der Waals surface area contributed by atoms with Gasteiger partial charge in [-0.15, -0.1) is 0 Å². The number of likely N-dealkylation sites (N-methyl/N-ethyl adjacent to an activating group) is 1. The van der Waals surface area contributed by atoms with Gasteiger partial charge >= 0.3 is 0 Å². The summed E-state index contributed by atoms with van der Waals surface area (Å²) in [6.45, 7) is 4.62. The highest BCUT2D eigenvalue weighted by Gasteiger charge is 2.19. The number of nitrogens with zero attached hydrogens (tertiary/aromatic N) is 1. The van der Waals surface area contributed by atoms with Gasteiger partial charge < -0.3 is 15.3 Å². The van der Waals surface area contributed by atoms with Crippen LogP contribution in [0.4, 0.5) is 0 Å². The molecule has 0 spiro atoms. The van der Waals surface area contributed by atoms with E-state index in [1.54, 1.807) is 0 Å². The van der Waals surface area contributed by atoms with Gasteiger partial charge in [-0.25, -0.2) is 0 Å². The minimum Gasteiger partial charge on any atom is -0.396 e. The molecule has 18 heavy (non-hydrogen) atoms. The third kappa shape index (κ3) is 6.17. The molecule has 1 saturated carbocycles. The van der Waals surface area contributed by atoms with Crippen molar-refractivity contribution in [3.63, 3.8) is 0 Å². The zero-order valence-electron chi connectivity index (χ0n) is 12.3. The predicted molar refractivity (Wildman–Crippen MR) is 77.9 cm³/mol. The lowest BCUT2D eigenvalue weighted by Crippen LogP contribution is -2.44. The molecule has 1 rings (SSSR count). The second-order valence-corrected chi connectivity index (χ2v) is 5.75. The minimum absolute atomic E-state index is 0.292. The molecule has 0 heterocycles. The molecule has 108 valence electrons. The maximum Gasteiger partial charge on any atom is 0.0446 e. The van der Waals surface area contributed by atoms with Gasteiger partial charge in [0.15, 0.2) is 0 Å². The van der Waals surface area contributed by atoms with Crippen molar-refractivity contribution in [2.45, 2.75) is 70.4 Å². The zero-order chi connectivity index (χ0) is 13.2. The molecule has 0 amide bonds. The standard InChI is InChI=1S/C15H32N2O/c1-3-11-16-14(10-12-18)13-17(2)15-8-6-4-5-7-9-15/h14-16,18H,3-13H2,1-2H3. The van der Waals surface area contributed by atoms with Crippen molar-refractivity contribution in [2.24, 2.45) is 0 Å². The summed E-state index contributed by atoms with van der Waals surface area (Å²) in [4.78, 5) is 2.52. The second-order valence-electron chi connectivity index (χ2n) is 5.75. The lowest BCUT2D eigenvalue weighted by Gasteiger charge is -2.31. The molecule has 0 bridgehead atoms. The molecule has 0 aromatic heterocycles. The molecule has 1 unspecified atom stereocenters. The average molecular weight is 256 g/mol. The number of hydrogen-bond acceptors (Lipinski definition) is 3. The first kappa shape index (κ1) is 15.9. The van der Waals surface area contributed by atoms with Crippen LogP contribution in [0.1, 0.15) is 58.3 Å². The number of rotatable bonds is 8. The van der Waals surface area contributed by atoms with Gasteiger partial charge in [-0.2, -0.15) is 0 Å². The topological polar surface area (TPSA) is 35.5 Å². The third-order valence-corrected chi connectivity index (χ3v) is 4.12. The third-order valence-electron chi connectivity index (χ3n) is 4.12. The lowest BCUT2D eigenvalue weighted by atomic mass is 10.1. The van der Waals surface area contributed by atoms with Gasteiger partial charge in [-0.05, 0) is 39.3 Å². The Bertz CT molecular complexity index is 191. The van der Waals surface area contributed by atoms with Crippen LogP contribution in [0.2, 0.25) is 0 Å². The fraction of sp³-hybridized carbons (Fsp3) is 1.00. The average Bonchev–Trinajstić information content (AvgIpc) is 2.65. The van der Waals surface area contributed by atoms with Gasteiger partial charge in [-0.1, -0.05) is 32.6 Å². The van der Waals surface area contributed by atoms with Crippen molar-refractivity contribution in [3.05, 3.63) is 0 Å². The minimum atomic E-state index is 0.292. The van der Waals surface area contributed by atoms with E-state index < -0.39 is 0 Å². The first-order valence-electron chi connectivity index (χ1n) is 7.82. The summed E-state index contributed by atoms with van der Waals surface area (Å²) in [6.07, 6.45) is 10.4. The summed E-state index contributed by atoms with van der Waals surface area (Å²) in [5.74, 6) is 0. The van der Waals surface area contributed by atoms with Crippen molar-refractivity contribution < 1.29 is 5.11 Å². The largest absolute Gasteiger partial charge is 0.396 e. The van der Waals surface area contributed by atoms with E-state index in [-0.39, 0.29) is 0 Å². The van der Waals surface area contributed by atoms with Crippen LogP contribution in [0.3, 0.4) is 0 Å². The molecule has 2 N–H and O–H groups in total.